The van der Waals surface area contributed by atoms with E-state index in [-0.39, 0.29) is 0 Å². The van der Waals surface area contributed by atoms with Crippen LogP contribution in [0.4, 0.5) is 0 Å². The fourth-order valence-corrected chi connectivity index (χ4v) is 1.39. The zero-order valence-corrected chi connectivity index (χ0v) is 9.38. The summed E-state index contributed by atoms with van der Waals surface area (Å²) in [5.74, 6) is 0. The predicted octanol–water partition coefficient (Wildman–Crippen LogP) is 1.73. The van der Waals surface area contributed by atoms with Gasteiger partial charge in [-0.25, -0.2) is 9.97 Å². The minimum Gasteiger partial charge on any atom is -0.321 e. The maximum absolute atomic E-state index is 6.00. The minimum atomic E-state index is -0.454. The van der Waals surface area contributed by atoms with Crippen LogP contribution in [0.25, 0.3) is 11.3 Å². The van der Waals surface area contributed by atoms with Crippen LogP contribution in [0.3, 0.4) is 0 Å². The van der Waals surface area contributed by atoms with Crippen molar-refractivity contribution < 1.29 is 0 Å². The molecule has 4 heteroatoms. The van der Waals surface area contributed by atoms with Gasteiger partial charge in [-0.1, -0.05) is 0 Å². The Labute approximate surface area is 94.6 Å². The van der Waals surface area contributed by atoms with E-state index in [0.29, 0.717) is 0 Å². The zero-order valence-electron chi connectivity index (χ0n) is 9.38. The van der Waals surface area contributed by atoms with Gasteiger partial charge in [0.15, 0.2) is 0 Å². The van der Waals surface area contributed by atoms with Crippen LogP contribution in [0.1, 0.15) is 19.5 Å². The first kappa shape index (κ1) is 10.7. The third-order valence-corrected chi connectivity index (χ3v) is 2.30. The number of hydrogen-bond acceptors (Lipinski definition) is 4. The molecule has 82 valence electrons. The first-order valence-corrected chi connectivity index (χ1v) is 5.09. The summed E-state index contributed by atoms with van der Waals surface area (Å²) in [6, 6.07) is 5.74. The van der Waals surface area contributed by atoms with Gasteiger partial charge in [0.25, 0.3) is 0 Å². The highest BCUT2D eigenvalue weighted by Gasteiger charge is 2.16. The van der Waals surface area contributed by atoms with Gasteiger partial charge in [0, 0.05) is 18.0 Å². The van der Waals surface area contributed by atoms with Crippen LogP contribution in [0.2, 0.25) is 0 Å². The van der Waals surface area contributed by atoms with Gasteiger partial charge < -0.3 is 5.73 Å². The number of hydrogen-bond donors (Lipinski definition) is 1. The van der Waals surface area contributed by atoms with E-state index < -0.39 is 5.54 Å². The summed E-state index contributed by atoms with van der Waals surface area (Å²) < 4.78 is 0. The molecule has 0 unspecified atom stereocenters. The van der Waals surface area contributed by atoms with Crippen molar-refractivity contribution in [2.75, 3.05) is 0 Å². The Kier molecular flexibility index (Phi) is 2.66. The Morgan fingerprint density at radius 1 is 1.12 bits per heavy atom. The smallest absolute Gasteiger partial charge is 0.116 e. The number of aromatic nitrogens is 3. The molecule has 0 atom stereocenters. The summed E-state index contributed by atoms with van der Waals surface area (Å²) in [6.07, 6.45) is 5.02. The SMILES string of the molecule is CC(C)(N)c1cc(-c2ccncc2)ncn1. The number of rotatable bonds is 2. The second-order valence-corrected chi connectivity index (χ2v) is 4.25. The first-order chi connectivity index (χ1) is 7.57. The van der Waals surface area contributed by atoms with Gasteiger partial charge in [0.2, 0.25) is 0 Å². The van der Waals surface area contributed by atoms with Crippen LogP contribution in [-0.2, 0) is 5.54 Å². The Morgan fingerprint density at radius 3 is 2.44 bits per heavy atom. The molecule has 0 spiro atoms. The molecule has 2 aromatic rings. The topological polar surface area (TPSA) is 64.7 Å². The van der Waals surface area contributed by atoms with Crippen LogP contribution in [-0.4, -0.2) is 15.0 Å². The van der Waals surface area contributed by atoms with Gasteiger partial charge in [0.05, 0.1) is 16.9 Å². The molecule has 0 aliphatic carbocycles. The van der Waals surface area contributed by atoms with E-state index in [1.807, 2.05) is 32.0 Å². The molecule has 0 aliphatic heterocycles. The van der Waals surface area contributed by atoms with E-state index in [1.54, 1.807) is 18.7 Å². The van der Waals surface area contributed by atoms with Gasteiger partial charge in [-0.2, -0.15) is 0 Å². The normalized spacial score (nSPS) is 11.4. The third-order valence-electron chi connectivity index (χ3n) is 2.30. The average Bonchev–Trinajstić information content (AvgIpc) is 2.29. The molecule has 0 saturated heterocycles. The zero-order chi connectivity index (χ0) is 11.6. The maximum Gasteiger partial charge on any atom is 0.116 e. The molecule has 0 bridgehead atoms. The molecule has 0 aromatic carbocycles. The van der Waals surface area contributed by atoms with Gasteiger partial charge >= 0.3 is 0 Å². The Balaban J connectivity index is 2.45. The summed E-state index contributed by atoms with van der Waals surface area (Å²) in [5.41, 5.74) is 8.26. The van der Waals surface area contributed by atoms with Crippen molar-refractivity contribution in [3.05, 3.63) is 42.6 Å². The van der Waals surface area contributed by atoms with Gasteiger partial charge in [-0.15, -0.1) is 0 Å². The molecular weight excluding hydrogens is 200 g/mol. The van der Waals surface area contributed by atoms with E-state index in [2.05, 4.69) is 15.0 Å². The number of nitrogens with two attached hydrogens (primary N) is 1. The van der Waals surface area contributed by atoms with Crippen molar-refractivity contribution in [2.45, 2.75) is 19.4 Å². The van der Waals surface area contributed by atoms with Crippen LogP contribution in [0.15, 0.2) is 36.9 Å². The summed E-state index contributed by atoms with van der Waals surface area (Å²) in [4.78, 5) is 12.4. The first-order valence-electron chi connectivity index (χ1n) is 5.09. The van der Waals surface area contributed by atoms with E-state index in [1.165, 1.54) is 0 Å². The molecule has 0 radical (unpaired) electrons. The second-order valence-electron chi connectivity index (χ2n) is 4.25. The lowest BCUT2D eigenvalue weighted by Gasteiger charge is -2.17. The van der Waals surface area contributed by atoms with E-state index in [4.69, 9.17) is 5.73 Å². The summed E-state index contributed by atoms with van der Waals surface area (Å²) in [6.45, 7) is 3.84. The highest BCUT2D eigenvalue weighted by atomic mass is 14.9. The lowest BCUT2D eigenvalue weighted by molar-refractivity contribution is 0.534. The number of pyridine rings is 1. The molecule has 2 aromatic heterocycles. The Hall–Kier alpha value is -1.81. The average molecular weight is 214 g/mol. The predicted molar refractivity (Wildman–Crippen MR) is 62.5 cm³/mol. The molecule has 16 heavy (non-hydrogen) atoms. The minimum absolute atomic E-state index is 0.454. The summed E-state index contributed by atoms with van der Waals surface area (Å²) >= 11 is 0. The molecule has 2 heterocycles. The fourth-order valence-electron chi connectivity index (χ4n) is 1.39. The Bertz CT molecular complexity index is 474. The fraction of sp³-hybridized carbons (Fsp3) is 0.250. The largest absolute Gasteiger partial charge is 0.321 e. The van der Waals surface area contributed by atoms with Crippen molar-refractivity contribution in [3.63, 3.8) is 0 Å². The van der Waals surface area contributed by atoms with Gasteiger partial charge in [0.1, 0.15) is 6.33 Å². The lowest BCUT2D eigenvalue weighted by Crippen LogP contribution is -2.29. The third kappa shape index (κ3) is 2.23. The van der Waals surface area contributed by atoms with Crippen molar-refractivity contribution in [3.8, 4) is 11.3 Å². The van der Waals surface area contributed by atoms with Crippen LogP contribution >= 0.6 is 0 Å². The summed E-state index contributed by atoms with van der Waals surface area (Å²) in [7, 11) is 0. The molecule has 0 fully saturated rings. The van der Waals surface area contributed by atoms with Gasteiger partial charge in [-0.3, -0.25) is 4.98 Å². The highest BCUT2D eigenvalue weighted by Crippen LogP contribution is 2.20. The van der Waals surface area contributed by atoms with Crippen LogP contribution < -0.4 is 5.73 Å². The lowest BCUT2D eigenvalue weighted by atomic mass is 10.0. The van der Waals surface area contributed by atoms with Crippen LogP contribution in [0.5, 0.6) is 0 Å². The summed E-state index contributed by atoms with van der Waals surface area (Å²) in [5, 5.41) is 0. The van der Waals surface area contributed by atoms with E-state index in [9.17, 15) is 0 Å². The van der Waals surface area contributed by atoms with Crippen molar-refractivity contribution in [1.82, 2.24) is 15.0 Å². The van der Waals surface area contributed by atoms with Gasteiger partial charge in [-0.05, 0) is 32.0 Å². The van der Waals surface area contributed by atoms with Crippen molar-refractivity contribution >= 4 is 0 Å². The molecule has 0 aliphatic rings. The Morgan fingerprint density at radius 2 is 1.81 bits per heavy atom. The molecular formula is C12H14N4. The standard InChI is InChI=1S/C12H14N4/c1-12(2,13)11-7-10(15-8-16-11)9-3-5-14-6-4-9/h3-8H,13H2,1-2H3. The monoisotopic (exact) mass is 214 g/mol. The van der Waals surface area contributed by atoms with E-state index >= 15 is 0 Å². The van der Waals surface area contributed by atoms with Crippen molar-refractivity contribution in [1.29, 1.82) is 0 Å². The molecule has 2 N–H and O–H groups in total. The maximum atomic E-state index is 6.00. The molecule has 4 nitrogen and oxygen atoms in total. The highest BCUT2D eigenvalue weighted by molar-refractivity contribution is 5.58. The van der Waals surface area contributed by atoms with Crippen molar-refractivity contribution in [2.24, 2.45) is 5.73 Å². The van der Waals surface area contributed by atoms with Crippen LogP contribution in [0, 0.1) is 0 Å². The molecule has 0 amide bonds. The molecule has 2 rings (SSSR count). The molecule has 0 saturated carbocycles. The van der Waals surface area contributed by atoms with E-state index in [0.717, 1.165) is 17.0 Å². The quantitative estimate of drug-likeness (QED) is 0.826. The second kappa shape index (κ2) is 3.98. The number of nitrogens with zero attached hydrogens (tertiary/aromatic N) is 3.